The second-order valence-corrected chi connectivity index (χ2v) is 7.33. The number of amides is 3. The first kappa shape index (κ1) is 20.4. The predicted molar refractivity (Wildman–Crippen MR) is 107 cm³/mol. The molecule has 0 saturated carbocycles. The third-order valence-electron chi connectivity index (χ3n) is 5.14. The SMILES string of the molecule is CNCCC1CCN(CC(=O)NC(=O)Nc2ccc3c(c2)OCCCO3)CC1. The first-order valence-corrected chi connectivity index (χ1v) is 10.0. The van der Waals surface area contributed by atoms with E-state index in [9.17, 15) is 9.59 Å². The van der Waals surface area contributed by atoms with Gasteiger partial charge in [-0.05, 0) is 64.0 Å². The van der Waals surface area contributed by atoms with E-state index in [1.165, 1.54) is 6.42 Å². The number of fused-ring (bicyclic) bond motifs is 1. The molecule has 1 fully saturated rings. The highest BCUT2D eigenvalue weighted by Gasteiger charge is 2.21. The van der Waals surface area contributed by atoms with Crippen molar-refractivity contribution in [2.24, 2.45) is 5.92 Å². The van der Waals surface area contributed by atoms with E-state index in [0.717, 1.165) is 44.8 Å². The summed E-state index contributed by atoms with van der Waals surface area (Å²) in [5.41, 5.74) is 0.555. The van der Waals surface area contributed by atoms with E-state index in [4.69, 9.17) is 9.47 Å². The average Bonchev–Trinajstić information content (AvgIpc) is 2.92. The van der Waals surface area contributed by atoms with Gasteiger partial charge in [0.2, 0.25) is 5.91 Å². The highest BCUT2D eigenvalue weighted by molar-refractivity contribution is 6.01. The van der Waals surface area contributed by atoms with Crippen LogP contribution >= 0.6 is 0 Å². The molecule has 0 atom stereocenters. The van der Waals surface area contributed by atoms with Crippen LogP contribution in [0.3, 0.4) is 0 Å². The number of likely N-dealkylation sites (tertiary alicyclic amines) is 1. The van der Waals surface area contributed by atoms with Gasteiger partial charge in [-0.1, -0.05) is 0 Å². The van der Waals surface area contributed by atoms with Gasteiger partial charge in [0.05, 0.1) is 19.8 Å². The van der Waals surface area contributed by atoms with Crippen LogP contribution in [0.2, 0.25) is 0 Å². The molecule has 1 aromatic carbocycles. The number of carbonyl (C=O) groups is 2. The number of carbonyl (C=O) groups excluding carboxylic acids is 2. The van der Waals surface area contributed by atoms with E-state index in [-0.39, 0.29) is 12.5 Å². The highest BCUT2D eigenvalue weighted by atomic mass is 16.5. The molecule has 0 radical (unpaired) electrons. The zero-order chi connectivity index (χ0) is 19.8. The lowest BCUT2D eigenvalue weighted by Crippen LogP contribution is -2.44. The Morgan fingerprint density at radius 1 is 1.14 bits per heavy atom. The van der Waals surface area contributed by atoms with Crippen LogP contribution in [0, 0.1) is 5.92 Å². The van der Waals surface area contributed by atoms with Gasteiger partial charge in [-0.3, -0.25) is 15.0 Å². The number of urea groups is 1. The Morgan fingerprint density at radius 3 is 2.64 bits per heavy atom. The summed E-state index contributed by atoms with van der Waals surface area (Å²) in [6.07, 6.45) is 4.18. The summed E-state index contributed by atoms with van der Waals surface area (Å²) in [5.74, 6) is 1.69. The Bertz CT molecular complexity index is 674. The molecule has 0 aliphatic carbocycles. The van der Waals surface area contributed by atoms with E-state index >= 15 is 0 Å². The van der Waals surface area contributed by atoms with E-state index in [2.05, 4.69) is 20.9 Å². The fourth-order valence-electron chi connectivity index (χ4n) is 3.55. The van der Waals surface area contributed by atoms with Crippen LogP contribution in [0.4, 0.5) is 10.5 Å². The fraction of sp³-hybridized carbons (Fsp3) is 0.600. The lowest BCUT2D eigenvalue weighted by Gasteiger charge is -2.31. The predicted octanol–water partition coefficient (Wildman–Crippen LogP) is 1.82. The van der Waals surface area contributed by atoms with Gasteiger partial charge >= 0.3 is 6.03 Å². The van der Waals surface area contributed by atoms with Crippen LogP contribution in [0.1, 0.15) is 25.7 Å². The van der Waals surface area contributed by atoms with Crippen molar-refractivity contribution >= 4 is 17.6 Å². The van der Waals surface area contributed by atoms with E-state index in [1.54, 1.807) is 18.2 Å². The van der Waals surface area contributed by atoms with Crippen molar-refractivity contribution in [3.05, 3.63) is 18.2 Å². The van der Waals surface area contributed by atoms with Crippen LogP contribution in [0.25, 0.3) is 0 Å². The van der Waals surface area contributed by atoms with E-state index < -0.39 is 6.03 Å². The van der Waals surface area contributed by atoms with Crippen LogP contribution < -0.4 is 25.4 Å². The van der Waals surface area contributed by atoms with Gasteiger partial charge in [0.15, 0.2) is 11.5 Å². The standard InChI is InChI=1S/C20H30N4O4/c1-21-8-5-15-6-9-24(10-7-15)14-19(25)23-20(26)22-16-3-4-17-18(13-16)28-12-2-11-27-17/h3-4,13,15,21H,2,5-12,14H2,1H3,(H2,22,23,25,26). The maximum atomic E-state index is 12.2. The van der Waals surface area contributed by atoms with Crippen molar-refractivity contribution in [3.8, 4) is 11.5 Å². The molecule has 1 aromatic rings. The van der Waals surface area contributed by atoms with Gasteiger partial charge in [-0.25, -0.2) is 4.79 Å². The van der Waals surface area contributed by atoms with Crippen LogP contribution in [0.5, 0.6) is 11.5 Å². The normalized spacial score (nSPS) is 17.6. The molecule has 3 rings (SSSR count). The van der Waals surface area contributed by atoms with Gasteiger partial charge in [-0.15, -0.1) is 0 Å². The number of anilines is 1. The average molecular weight is 390 g/mol. The zero-order valence-electron chi connectivity index (χ0n) is 16.5. The quantitative estimate of drug-likeness (QED) is 0.686. The molecule has 0 spiro atoms. The smallest absolute Gasteiger partial charge is 0.325 e. The maximum absolute atomic E-state index is 12.2. The van der Waals surface area contributed by atoms with Crippen molar-refractivity contribution in [1.82, 2.24) is 15.5 Å². The van der Waals surface area contributed by atoms with Crippen molar-refractivity contribution in [1.29, 1.82) is 0 Å². The van der Waals surface area contributed by atoms with Gasteiger partial charge in [0, 0.05) is 18.2 Å². The summed E-state index contributed by atoms with van der Waals surface area (Å²) in [6, 6.07) is 4.66. The lowest BCUT2D eigenvalue weighted by molar-refractivity contribution is -0.121. The summed E-state index contributed by atoms with van der Waals surface area (Å²) in [7, 11) is 1.97. The highest BCUT2D eigenvalue weighted by Crippen LogP contribution is 2.32. The Hall–Kier alpha value is -2.32. The Morgan fingerprint density at radius 2 is 1.89 bits per heavy atom. The summed E-state index contributed by atoms with van der Waals surface area (Å²) >= 11 is 0. The molecule has 8 heteroatoms. The summed E-state index contributed by atoms with van der Waals surface area (Å²) in [6.45, 7) is 4.25. The molecule has 0 bridgehead atoms. The summed E-state index contributed by atoms with van der Waals surface area (Å²) in [5, 5.41) is 8.26. The molecule has 28 heavy (non-hydrogen) atoms. The Labute approximate surface area is 165 Å². The maximum Gasteiger partial charge on any atom is 0.325 e. The minimum atomic E-state index is -0.539. The summed E-state index contributed by atoms with van der Waals surface area (Å²) < 4.78 is 11.2. The molecule has 0 aromatic heterocycles. The van der Waals surface area contributed by atoms with Crippen LogP contribution in [-0.4, -0.2) is 63.3 Å². The van der Waals surface area contributed by atoms with Crippen molar-refractivity contribution in [3.63, 3.8) is 0 Å². The molecule has 3 amide bonds. The number of benzene rings is 1. The van der Waals surface area contributed by atoms with E-state index in [0.29, 0.717) is 30.4 Å². The Kier molecular flexibility index (Phi) is 7.50. The van der Waals surface area contributed by atoms with Gasteiger partial charge in [-0.2, -0.15) is 0 Å². The molecule has 3 N–H and O–H groups in total. The topological polar surface area (TPSA) is 91.9 Å². The number of nitrogens with one attached hydrogen (secondary N) is 3. The minimum Gasteiger partial charge on any atom is -0.490 e. The third-order valence-corrected chi connectivity index (χ3v) is 5.14. The minimum absolute atomic E-state index is 0.243. The Balaban J connectivity index is 1.41. The first-order chi connectivity index (χ1) is 13.6. The van der Waals surface area contributed by atoms with Crippen molar-refractivity contribution in [2.45, 2.75) is 25.7 Å². The van der Waals surface area contributed by atoms with Gasteiger partial charge < -0.3 is 20.1 Å². The zero-order valence-corrected chi connectivity index (χ0v) is 16.5. The molecular formula is C20H30N4O4. The molecule has 2 heterocycles. The molecule has 0 unspecified atom stereocenters. The van der Waals surface area contributed by atoms with Crippen molar-refractivity contribution < 1.29 is 19.1 Å². The fourth-order valence-corrected chi connectivity index (χ4v) is 3.55. The first-order valence-electron chi connectivity index (χ1n) is 10.0. The molecule has 8 nitrogen and oxygen atoms in total. The number of rotatable bonds is 6. The van der Waals surface area contributed by atoms with Crippen molar-refractivity contribution in [2.75, 3.05) is 51.8 Å². The largest absolute Gasteiger partial charge is 0.490 e. The second kappa shape index (κ2) is 10.3. The van der Waals surface area contributed by atoms with Crippen LogP contribution in [-0.2, 0) is 4.79 Å². The van der Waals surface area contributed by atoms with E-state index in [1.807, 2.05) is 7.05 Å². The number of imide groups is 1. The molecule has 2 aliphatic rings. The lowest BCUT2D eigenvalue weighted by atomic mass is 9.93. The summed E-state index contributed by atoms with van der Waals surface area (Å²) in [4.78, 5) is 26.4. The number of ether oxygens (including phenoxy) is 2. The number of hydrogen-bond donors (Lipinski definition) is 3. The molecule has 1 saturated heterocycles. The number of piperidine rings is 1. The molecule has 2 aliphatic heterocycles. The number of nitrogens with zero attached hydrogens (tertiary/aromatic N) is 1. The number of hydrogen-bond acceptors (Lipinski definition) is 6. The molecule has 154 valence electrons. The third kappa shape index (κ3) is 6.10. The van der Waals surface area contributed by atoms with Gasteiger partial charge in [0.1, 0.15) is 0 Å². The monoisotopic (exact) mass is 390 g/mol. The van der Waals surface area contributed by atoms with Crippen LogP contribution in [0.15, 0.2) is 18.2 Å². The molecular weight excluding hydrogens is 360 g/mol. The second-order valence-electron chi connectivity index (χ2n) is 7.33. The van der Waals surface area contributed by atoms with Gasteiger partial charge in [0.25, 0.3) is 0 Å².